The molecule has 2 aliphatic rings. The Morgan fingerprint density at radius 3 is 2.45 bits per heavy atom. The average Bonchev–Trinajstić information content (AvgIpc) is 2.48. The van der Waals surface area contributed by atoms with Crippen LogP contribution in [-0.4, -0.2) is 18.9 Å². The molecule has 3 heteroatoms. The minimum Gasteiger partial charge on any atom is -0.469 e. The first-order chi connectivity index (χ1) is 5.24. The van der Waals surface area contributed by atoms with Gasteiger partial charge in [-0.1, -0.05) is 0 Å². The first kappa shape index (κ1) is 6.83. The van der Waals surface area contributed by atoms with Crippen molar-refractivity contribution >= 4 is 11.8 Å². The molecule has 0 radical (unpaired) electrons. The second kappa shape index (κ2) is 2.06. The van der Waals surface area contributed by atoms with Gasteiger partial charge in [-0.05, 0) is 11.8 Å². The Bertz CT molecular complexity index is 207. The molecule has 2 saturated carbocycles. The summed E-state index contributed by atoms with van der Waals surface area (Å²) in [4.78, 5) is 21.7. The molecule has 0 aromatic heterocycles. The molecule has 11 heavy (non-hydrogen) atoms. The van der Waals surface area contributed by atoms with E-state index >= 15 is 0 Å². The molecule has 60 valence electrons. The van der Waals surface area contributed by atoms with Crippen LogP contribution >= 0.6 is 0 Å². The molecule has 2 atom stereocenters. The monoisotopic (exact) mass is 154 g/mol. The molecule has 0 aromatic carbocycles. The Morgan fingerprint density at radius 2 is 2.00 bits per heavy atom. The third kappa shape index (κ3) is 0.870. The molecule has 0 heterocycles. The summed E-state index contributed by atoms with van der Waals surface area (Å²) in [7, 11) is 1.40. The zero-order valence-electron chi connectivity index (χ0n) is 6.37. The summed E-state index contributed by atoms with van der Waals surface area (Å²) in [6.45, 7) is 0. The normalized spacial score (nSPS) is 40.1. The van der Waals surface area contributed by atoms with Crippen molar-refractivity contribution < 1.29 is 14.3 Å². The summed E-state index contributed by atoms with van der Waals surface area (Å²) in [6, 6.07) is 0. The minimum absolute atomic E-state index is 0.0534. The lowest BCUT2D eigenvalue weighted by Crippen LogP contribution is -2.09. The van der Waals surface area contributed by atoms with E-state index in [9.17, 15) is 9.59 Å². The molecular weight excluding hydrogens is 144 g/mol. The zero-order valence-corrected chi connectivity index (χ0v) is 6.37. The van der Waals surface area contributed by atoms with Crippen molar-refractivity contribution in [2.75, 3.05) is 7.11 Å². The zero-order chi connectivity index (χ0) is 8.01. The molecule has 2 rings (SSSR count). The van der Waals surface area contributed by atoms with Crippen molar-refractivity contribution in [2.24, 2.45) is 17.8 Å². The molecule has 2 unspecified atom stereocenters. The van der Waals surface area contributed by atoms with E-state index in [1.165, 1.54) is 7.11 Å². The van der Waals surface area contributed by atoms with E-state index in [0.717, 1.165) is 0 Å². The fourth-order valence-corrected chi connectivity index (χ4v) is 2.10. The summed E-state index contributed by atoms with van der Waals surface area (Å²) in [5.74, 6) is 0.884. The summed E-state index contributed by atoms with van der Waals surface area (Å²) in [5, 5.41) is 0. The molecule has 2 aliphatic carbocycles. The highest BCUT2D eigenvalue weighted by Gasteiger charge is 2.60. The second-order valence-corrected chi connectivity index (χ2v) is 3.32. The van der Waals surface area contributed by atoms with Crippen LogP contribution in [0.25, 0.3) is 0 Å². The van der Waals surface area contributed by atoms with Gasteiger partial charge in [-0.15, -0.1) is 0 Å². The second-order valence-electron chi connectivity index (χ2n) is 3.32. The highest BCUT2D eigenvalue weighted by molar-refractivity contribution is 5.88. The number of hydrogen-bond acceptors (Lipinski definition) is 3. The van der Waals surface area contributed by atoms with E-state index in [0.29, 0.717) is 30.5 Å². The Labute approximate surface area is 64.7 Å². The quantitative estimate of drug-likeness (QED) is 0.513. The van der Waals surface area contributed by atoms with E-state index in [4.69, 9.17) is 0 Å². The predicted molar refractivity (Wildman–Crippen MR) is 36.7 cm³/mol. The van der Waals surface area contributed by atoms with Gasteiger partial charge in [0.1, 0.15) is 5.78 Å². The number of ether oxygens (including phenoxy) is 1. The van der Waals surface area contributed by atoms with Crippen molar-refractivity contribution in [3.63, 3.8) is 0 Å². The summed E-state index contributed by atoms with van der Waals surface area (Å²) < 4.78 is 4.60. The molecule has 2 fully saturated rings. The van der Waals surface area contributed by atoms with Gasteiger partial charge in [0.05, 0.1) is 13.0 Å². The van der Waals surface area contributed by atoms with Crippen molar-refractivity contribution in [3.05, 3.63) is 0 Å². The molecule has 0 amide bonds. The number of rotatable bonds is 1. The maximum Gasteiger partial charge on any atom is 0.309 e. The van der Waals surface area contributed by atoms with E-state index < -0.39 is 0 Å². The van der Waals surface area contributed by atoms with Crippen LogP contribution in [0.3, 0.4) is 0 Å². The molecule has 0 saturated heterocycles. The van der Waals surface area contributed by atoms with Gasteiger partial charge in [0.15, 0.2) is 0 Å². The van der Waals surface area contributed by atoms with E-state index in [1.54, 1.807) is 0 Å². The Balaban J connectivity index is 1.97. The van der Waals surface area contributed by atoms with Gasteiger partial charge in [0.25, 0.3) is 0 Å². The molecule has 0 N–H and O–H groups in total. The Kier molecular flexibility index (Phi) is 1.28. The molecule has 0 bridgehead atoms. The molecular formula is C8H10O3. The van der Waals surface area contributed by atoms with Gasteiger partial charge in [0, 0.05) is 12.8 Å². The SMILES string of the molecule is COC(=O)C1C2CC(=O)CC21. The van der Waals surface area contributed by atoms with Crippen LogP contribution in [0, 0.1) is 17.8 Å². The third-order valence-corrected chi connectivity index (χ3v) is 2.73. The van der Waals surface area contributed by atoms with Crippen LogP contribution in [0.1, 0.15) is 12.8 Å². The van der Waals surface area contributed by atoms with Gasteiger partial charge in [-0.25, -0.2) is 0 Å². The van der Waals surface area contributed by atoms with Crippen LogP contribution in [0.15, 0.2) is 0 Å². The number of Topliss-reactive ketones (excluding diaryl/α,β-unsaturated/α-hetero) is 1. The molecule has 0 aromatic rings. The first-order valence-corrected chi connectivity index (χ1v) is 3.83. The van der Waals surface area contributed by atoms with Crippen LogP contribution < -0.4 is 0 Å². The summed E-state index contributed by atoms with van der Waals surface area (Å²) >= 11 is 0. The fraction of sp³-hybridized carbons (Fsp3) is 0.750. The summed E-state index contributed by atoms with van der Waals surface area (Å²) in [6.07, 6.45) is 1.20. The lowest BCUT2D eigenvalue weighted by molar-refractivity contribution is -0.143. The van der Waals surface area contributed by atoms with E-state index in [-0.39, 0.29) is 11.9 Å². The lowest BCUT2D eigenvalue weighted by atomic mass is 10.1. The van der Waals surface area contributed by atoms with Gasteiger partial charge in [-0.2, -0.15) is 0 Å². The maximum absolute atomic E-state index is 11.0. The lowest BCUT2D eigenvalue weighted by Gasteiger charge is -1.98. The standard InChI is InChI=1S/C8H10O3/c1-11-8(10)7-5-2-4(9)3-6(5)7/h5-7H,2-3H2,1H3. The molecule has 0 spiro atoms. The molecule has 0 aliphatic heterocycles. The summed E-state index contributed by atoms with van der Waals surface area (Å²) in [5.41, 5.74) is 0. The Morgan fingerprint density at radius 1 is 1.45 bits per heavy atom. The number of hydrogen-bond donors (Lipinski definition) is 0. The van der Waals surface area contributed by atoms with Crippen molar-refractivity contribution in [2.45, 2.75) is 12.8 Å². The highest BCUT2D eigenvalue weighted by atomic mass is 16.5. The fourth-order valence-electron chi connectivity index (χ4n) is 2.10. The van der Waals surface area contributed by atoms with Gasteiger partial charge in [0.2, 0.25) is 0 Å². The highest BCUT2D eigenvalue weighted by Crippen LogP contribution is 2.56. The van der Waals surface area contributed by atoms with Gasteiger partial charge >= 0.3 is 5.97 Å². The van der Waals surface area contributed by atoms with Crippen LogP contribution in [0.4, 0.5) is 0 Å². The number of methoxy groups -OCH3 is 1. The number of ketones is 1. The van der Waals surface area contributed by atoms with Crippen LogP contribution in [0.2, 0.25) is 0 Å². The number of esters is 1. The predicted octanol–water partition coefficient (Wildman–Crippen LogP) is 0.384. The maximum atomic E-state index is 11.0. The Hall–Kier alpha value is -0.860. The van der Waals surface area contributed by atoms with Crippen LogP contribution in [0.5, 0.6) is 0 Å². The average molecular weight is 154 g/mol. The number of carbonyl (C=O) groups excluding carboxylic acids is 2. The number of carbonyl (C=O) groups is 2. The van der Waals surface area contributed by atoms with Crippen molar-refractivity contribution in [1.29, 1.82) is 0 Å². The minimum atomic E-state index is -0.132. The van der Waals surface area contributed by atoms with E-state index in [2.05, 4.69) is 4.74 Å². The first-order valence-electron chi connectivity index (χ1n) is 3.83. The smallest absolute Gasteiger partial charge is 0.309 e. The van der Waals surface area contributed by atoms with Crippen molar-refractivity contribution in [3.8, 4) is 0 Å². The topological polar surface area (TPSA) is 43.4 Å². The van der Waals surface area contributed by atoms with E-state index in [1.807, 2.05) is 0 Å². The largest absolute Gasteiger partial charge is 0.469 e. The van der Waals surface area contributed by atoms with Crippen molar-refractivity contribution in [1.82, 2.24) is 0 Å². The number of fused-ring (bicyclic) bond motifs is 1. The van der Waals surface area contributed by atoms with Gasteiger partial charge < -0.3 is 4.74 Å². The molecule has 3 nitrogen and oxygen atoms in total. The third-order valence-electron chi connectivity index (χ3n) is 2.73. The van der Waals surface area contributed by atoms with Gasteiger partial charge in [-0.3, -0.25) is 9.59 Å². The van der Waals surface area contributed by atoms with Crippen LogP contribution in [-0.2, 0) is 14.3 Å².